The Morgan fingerprint density at radius 3 is 2.61 bits per heavy atom. The molecule has 0 atom stereocenters. The number of rotatable bonds is 7. The summed E-state index contributed by atoms with van der Waals surface area (Å²) in [6.45, 7) is 1.42. The highest BCUT2D eigenvalue weighted by Gasteiger charge is 2.19. The number of hydrogen-bond acceptors (Lipinski definition) is 4. The molecule has 1 aromatic rings. The first-order valence-electron chi connectivity index (χ1n) is 6.01. The monoisotopic (exact) mass is 252 g/mol. The maximum atomic E-state index is 11.6. The lowest BCUT2D eigenvalue weighted by Crippen LogP contribution is -2.27. The highest BCUT2D eigenvalue weighted by molar-refractivity contribution is 5.93. The largest absolute Gasteiger partial charge is 0.475 e. The smallest absolute Gasteiger partial charge is 0.371 e. The van der Waals surface area contributed by atoms with Crippen LogP contribution in [0.4, 0.5) is 0 Å². The van der Waals surface area contributed by atoms with Crippen LogP contribution >= 0.6 is 0 Å². The molecule has 0 saturated heterocycles. The maximum absolute atomic E-state index is 11.6. The van der Waals surface area contributed by atoms with Gasteiger partial charge in [-0.1, -0.05) is 0 Å². The van der Waals surface area contributed by atoms with Crippen molar-refractivity contribution < 1.29 is 19.1 Å². The molecule has 3 N–H and O–H groups in total. The summed E-state index contributed by atoms with van der Waals surface area (Å²) >= 11 is 0. The van der Waals surface area contributed by atoms with E-state index < -0.39 is 5.97 Å². The van der Waals surface area contributed by atoms with Crippen LogP contribution in [-0.2, 0) is 0 Å². The van der Waals surface area contributed by atoms with E-state index in [1.54, 1.807) is 0 Å². The van der Waals surface area contributed by atoms with Crippen LogP contribution in [0.15, 0.2) is 16.5 Å². The third-order valence-electron chi connectivity index (χ3n) is 2.69. The molecule has 18 heavy (non-hydrogen) atoms. The van der Waals surface area contributed by atoms with Crippen molar-refractivity contribution in [1.82, 2.24) is 10.6 Å². The van der Waals surface area contributed by atoms with Crippen molar-refractivity contribution in [3.05, 3.63) is 23.7 Å². The molecule has 6 heteroatoms. The van der Waals surface area contributed by atoms with E-state index >= 15 is 0 Å². The number of amides is 1. The van der Waals surface area contributed by atoms with Crippen LogP contribution in [0.25, 0.3) is 0 Å². The number of furan rings is 1. The van der Waals surface area contributed by atoms with E-state index in [0.717, 1.165) is 13.0 Å². The zero-order valence-electron chi connectivity index (χ0n) is 9.94. The topological polar surface area (TPSA) is 91.6 Å². The van der Waals surface area contributed by atoms with Gasteiger partial charge in [0.25, 0.3) is 5.91 Å². The lowest BCUT2D eigenvalue weighted by molar-refractivity contribution is 0.0659. The number of carboxylic acid groups (broad SMARTS) is 1. The van der Waals surface area contributed by atoms with Gasteiger partial charge in [0.1, 0.15) is 0 Å². The molecule has 1 amide bonds. The normalized spacial score (nSPS) is 14.4. The van der Waals surface area contributed by atoms with Crippen molar-refractivity contribution in [3.63, 3.8) is 0 Å². The Kier molecular flexibility index (Phi) is 3.99. The molecular weight excluding hydrogens is 236 g/mol. The lowest BCUT2D eigenvalue weighted by Gasteiger charge is -2.04. The Bertz CT molecular complexity index is 437. The molecule has 0 aromatic carbocycles. The average molecular weight is 252 g/mol. The van der Waals surface area contributed by atoms with E-state index in [9.17, 15) is 9.59 Å². The standard InChI is InChI=1S/C12H16N2O4/c15-11(9-4-5-10(18-9)12(16)17)14-7-1-6-13-8-2-3-8/h4-5,8,13H,1-3,6-7H2,(H,14,15)(H,16,17). The summed E-state index contributed by atoms with van der Waals surface area (Å²) in [5, 5.41) is 14.7. The lowest BCUT2D eigenvalue weighted by atomic mass is 10.3. The van der Waals surface area contributed by atoms with Gasteiger partial charge in [-0.3, -0.25) is 4.79 Å². The SMILES string of the molecule is O=C(O)c1ccc(C(=O)NCCCNC2CC2)o1. The van der Waals surface area contributed by atoms with Gasteiger partial charge in [0.2, 0.25) is 5.76 Å². The first-order valence-corrected chi connectivity index (χ1v) is 6.01. The second-order valence-corrected chi connectivity index (χ2v) is 4.31. The predicted molar refractivity (Wildman–Crippen MR) is 63.6 cm³/mol. The van der Waals surface area contributed by atoms with E-state index in [1.165, 1.54) is 25.0 Å². The average Bonchev–Trinajstić information content (AvgIpc) is 3.02. The highest BCUT2D eigenvalue weighted by Crippen LogP contribution is 2.18. The number of nitrogens with one attached hydrogen (secondary N) is 2. The van der Waals surface area contributed by atoms with Crippen LogP contribution in [0, 0.1) is 0 Å². The van der Waals surface area contributed by atoms with Crippen LogP contribution in [0.1, 0.15) is 40.4 Å². The Balaban J connectivity index is 1.67. The van der Waals surface area contributed by atoms with E-state index in [4.69, 9.17) is 9.52 Å². The molecule has 2 rings (SSSR count). The van der Waals surface area contributed by atoms with Gasteiger partial charge < -0.3 is 20.2 Å². The number of hydrogen-bond donors (Lipinski definition) is 3. The summed E-state index contributed by atoms with van der Waals surface area (Å²) in [5.74, 6) is -1.75. The minimum Gasteiger partial charge on any atom is -0.475 e. The number of carboxylic acids is 1. The molecule has 6 nitrogen and oxygen atoms in total. The van der Waals surface area contributed by atoms with Gasteiger partial charge >= 0.3 is 5.97 Å². The Morgan fingerprint density at radius 1 is 1.28 bits per heavy atom. The van der Waals surface area contributed by atoms with Gasteiger partial charge in [0, 0.05) is 12.6 Å². The van der Waals surface area contributed by atoms with Crippen molar-refractivity contribution in [2.45, 2.75) is 25.3 Å². The van der Waals surface area contributed by atoms with E-state index in [2.05, 4.69) is 10.6 Å². The van der Waals surface area contributed by atoms with E-state index in [-0.39, 0.29) is 17.4 Å². The minimum absolute atomic E-state index is 0.0301. The van der Waals surface area contributed by atoms with Gasteiger partial charge in [-0.05, 0) is 37.9 Å². The fourth-order valence-electron chi connectivity index (χ4n) is 1.55. The minimum atomic E-state index is -1.18. The molecule has 0 aliphatic heterocycles. The van der Waals surface area contributed by atoms with Crippen molar-refractivity contribution >= 4 is 11.9 Å². The molecular formula is C12H16N2O4. The number of carbonyl (C=O) groups excluding carboxylic acids is 1. The van der Waals surface area contributed by atoms with Crippen LogP contribution in [0.3, 0.4) is 0 Å². The fraction of sp³-hybridized carbons (Fsp3) is 0.500. The molecule has 1 fully saturated rings. The number of aromatic carboxylic acids is 1. The third-order valence-corrected chi connectivity index (χ3v) is 2.69. The Morgan fingerprint density at radius 2 is 2.00 bits per heavy atom. The summed E-state index contributed by atoms with van der Waals surface area (Å²) in [4.78, 5) is 22.1. The molecule has 0 bridgehead atoms. The van der Waals surface area contributed by atoms with Crippen LogP contribution < -0.4 is 10.6 Å². The van der Waals surface area contributed by atoms with Gasteiger partial charge in [-0.25, -0.2) is 4.79 Å². The maximum Gasteiger partial charge on any atom is 0.371 e. The third kappa shape index (κ3) is 3.59. The van der Waals surface area contributed by atoms with Crippen LogP contribution in [0.5, 0.6) is 0 Å². The molecule has 0 radical (unpaired) electrons. The first kappa shape index (κ1) is 12.6. The summed E-state index contributed by atoms with van der Waals surface area (Å²) in [6, 6.07) is 3.30. The molecule has 1 heterocycles. The first-order chi connectivity index (χ1) is 8.66. The highest BCUT2D eigenvalue weighted by atomic mass is 16.4. The zero-order chi connectivity index (χ0) is 13.0. The summed E-state index contributed by atoms with van der Waals surface area (Å²) in [5.41, 5.74) is 0. The van der Waals surface area contributed by atoms with E-state index in [0.29, 0.717) is 12.6 Å². The molecule has 0 spiro atoms. The molecule has 1 aliphatic rings. The number of carbonyl (C=O) groups is 2. The van der Waals surface area contributed by atoms with Gasteiger partial charge in [-0.15, -0.1) is 0 Å². The van der Waals surface area contributed by atoms with Gasteiger partial charge in [-0.2, -0.15) is 0 Å². The van der Waals surface area contributed by atoms with Crippen molar-refractivity contribution in [2.24, 2.45) is 0 Å². The van der Waals surface area contributed by atoms with Crippen LogP contribution in [-0.4, -0.2) is 36.1 Å². The second-order valence-electron chi connectivity index (χ2n) is 4.31. The van der Waals surface area contributed by atoms with E-state index in [1.807, 2.05) is 0 Å². The fourth-order valence-corrected chi connectivity index (χ4v) is 1.55. The molecule has 1 aromatic heterocycles. The van der Waals surface area contributed by atoms with Crippen molar-refractivity contribution in [1.29, 1.82) is 0 Å². The summed E-state index contributed by atoms with van der Waals surface area (Å²) < 4.78 is 4.88. The zero-order valence-corrected chi connectivity index (χ0v) is 9.94. The molecule has 1 saturated carbocycles. The molecule has 1 aliphatic carbocycles. The summed E-state index contributed by atoms with van der Waals surface area (Å²) in [6.07, 6.45) is 3.34. The second kappa shape index (κ2) is 5.68. The quantitative estimate of drug-likeness (QED) is 0.626. The molecule has 98 valence electrons. The summed E-state index contributed by atoms with van der Waals surface area (Å²) in [7, 11) is 0. The predicted octanol–water partition coefficient (Wildman–Crippen LogP) is 0.850. The Hall–Kier alpha value is -1.82. The van der Waals surface area contributed by atoms with Gasteiger partial charge in [0.05, 0.1) is 0 Å². The Labute approximate surface area is 104 Å². The van der Waals surface area contributed by atoms with Crippen molar-refractivity contribution in [3.8, 4) is 0 Å². The molecule has 0 unspecified atom stereocenters. The van der Waals surface area contributed by atoms with Gasteiger partial charge in [0.15, 0.2) is 5.76 Å². The van der Waals surface area contributed by atoms with Crippen molar-refractivity contribution in [2.75, 3.05) is 13.1 Å². The van der Waals surface area contributed by atoms with Crippen LogP contribution in [0.2, 0.25) is 0 Å².